The van der Waals surface area contributed by atoms with Crippen molar-refractivity contribution in [1.29, 1.82) is 0 Å². The molecule has 145 heavy (non-hydrogen) atoms. The van der Waals surface area contributed by atoms with Gasteiger partial charge in [-0.05, 0) is 184 Å². The molecule has 780 valence electrons. The molecule has 1 aliphatic carbocycles. The van der Waals surface area contributed by atoms with Gasteiger partial charge >= 0.3 is 11.9 Å². The van der Waals surface area contributed by atoms with Gasteiger partial charge in [0.1, 0.15) is 100 Å². The third-order valence-corrected chi connectivity index (χ3v) is 34.1. The minimum atomic E-state index is -5.63. The van der Waals surface area contributed by atoms with Crippen LogP contribution in [0.3, 0.4) is 0 Å². The van der Waals surface area contributed by atoms with Gasteiger partial charge in [-0.3, -0.25) is 53.0 Å². The Morgan fingerprint density at radius 2 is 1.15 bits per heavy atom. The summed E-state index contributed by atoms with van der Waals surface area (Å²) >= 11 is 0. The molecule has 20 atom stereocenters. The molecule has 6 fully saturated rings. The summed E-state index contributed by atoms with van der Waals surface area (Å²) in [5, 5.41) is 81.3. The van der Waals surface area contributed by atoms with Crippen molar-refractivity contribution in [1.82, 2.24) is 61.0 Å². The van der Waals surface area contributed by atoms with Crippen LogP contribution in [0.1, 0.15) is 211 Å². The van der Waals surface area contributed by atoms with Crippen molar-refractivity contribution in [2.24, 2.45) is 41.4 Å². The number of ether oxygens (including phenoxy) is 3. The number of piperidine rings is 1. The number of hydrazine groups is 1. The van der Waals surface area contributed by atoms with Gasteiger partial charge < -0.3 is 95.8 Å². The van der Waals surface area contributed by atoms with Crippen LogP contribution in [-0.4, -0.2) is 280 Å². The lowest BCUT2D eigenvalue weighted by atomic mass is 9.82. The first kappa shape index (κ1) is 104. The fourth-order valence-electron chi connectivity index (χ4n) is 24.3. The molecular weight excluding hydrogens is 1910 g/mol. The number of amides is 9. The molecule has 12 heterocycles. The molecule has 0 unspecified atom stereocenters. The summed E-state index contributed by atoms with van der Waals surface area (Å²) in [7, 11) is -10.8. The summed E-state index contributed by atoms with van der Waals surface area (Å²) in [5.74, 6) is -16.3. The molecule has 13 aliphatic rings. The standard InChI is InChI=1S/C104H132N14O25S2/c1-48(2)34-72-78(122)43-66(54(12)119)96(128)116-76(94(126)110-83(50(5)6)101(133)143-88(52(9)10)99(131)118-75(93(125)107-72)41-61(121)46-105-118)44-103(134)69-38-56(22-23-58(69)40-80(103)116)57-24-27-71-70(39-57)104(135)45-77-95(127)111-82(49(3)4)100(132)142-87(51(7)8)98(130)115-33-28-53(11)35-74(115)92(124)108-73(91(123)112-84(55(13)120)97(129)117(77)102(104)109-71)47-106-144(136,137)62-25-26-63(79(42-62)145(138,139)140)81-67-36-59-18-14-29-113-31-16-20-64(85(59)113)89(67)141-90-65-21-17-32-114-30-15-19-60(86(65)114)37-68(81)90/h22-27,36-39,42,48-55,61,66,72-77,80,82-84,87-88,102,105-106,109,119-121,134-135H,14-21,28-35,40-41,43-47H2,1-13H3,(H5-,107,108,110,111,112,123,124,125,126,127,138,139,140)/t53-,54-,55-,61+,66+,72-,73-,74+,75+,76-,77-,80+,82+,83+,84+,87-,88-,102-,103+,104+/m0/s1. The number of aliphatic hydroxyl groups excluding tert-OH is 3. The highest BCUT2D eigenvalue weighted by atomic mass is 32.2. The largest absolute Gasteiger partial charge is 0.744 e. The minimum Gasteiger partial charge on any atom is -0.744 e. The summed E-state index contributed by atoms with van der Waals surface area (Å²) in [6.45, 7) is 22.5. The van der Waals surface area contributed by atoms with Crippen molar-refractivity contribution in [2.75, 3.05) is 56.0 Å². The predicted octanol–water partition coefficient (Wildman–Crippen LogP) is 1.30. The van der Waals surface area contributed by atoms with Crippen molar-refractivity contribution in [2.45, 2.75) is 311 Å². The Morgan fingerprint density at radius 1 is 0.552 bits per heavy atom. The monoisotopic (exact) mass is 2040 g/mol. The van der Waals surface area contributed by atoms with E-state index >= 15 is 46.8 Å². The van der Waals surface area contributed by atoms with E-state index in [0.717, 1.165) is 119 Å². The third-order valence-electron chi connectivity index (χ3n) is 31.8. The van der Waals surface area contributed by atoms with Crippen LogP contribution in [0.5, 0.6) is 11.5 Å². The number of rotatable bonds is 15. The maximum Gasteiger partial charge on any atom is 0.329 e. The molecule has 0 spiro atoms. The number of aryl methyl sites for hydroxylation is 2. The highest BCUT2D eigenvalue weighted by molar-refractivity contribution is 7.89. The minimum absolute atomic E-state index is 0.00890. The van der Waals surface area contributed by atoms with Gasteiger partial charge in [0, 0.05) is 121 Å². The number of cyclic esters (lactones) is 2. The van der Waals surface area contributed by atoms with Crippen molar-refractivity contribution in [3.8, 4) is 22.6 Å². The molecule has 9 amide bonds. The van der Waals surface area contributed by atoms with Gasteiger partial charge in [-0.25, -0.2) is 41.1 Å². The lowest BCUT2D eigenvalue weighted by Crippen LogP contribution is -2.65. The van der Waals surface area contributed by atoms with E-state index in [1.165, 1.54) is 17.9 Å². The summed E-state index contributed by atoms with van der Waals surface area (Å²) in [6, 6.07) is 0.345. The Hall–Kier alpha value is -11.4. The second-order valence-electron chi connectivity index (χ2n) is 43.8. The number of aliphatic hydroxyl groups is 5. The zero-order valence-corrected chi connectivity index (χ0v) is 85.4. The maximum absolute atomic E-state index is 16.3. The fourth-order valence-corrected chi connectivity index (χ4v) is 26.2. The van der Waals surface area contributed by atoms with Crippen LogP contribution in [0.25, 0.3) is 16.7 Å². The Kier molecular flexibility index (Phi) is 28.3. The molecule has 0 bridgehead atoms. The number of nitrogens with zero attached hydrogens (tertiary/aromatic N) is 6. The van der Waals surface area contributed by atoms with Gasteiger partial charge in [0.15, 0.2) is 18.0 Å². The number of Topliss-reactive ketones (excluding diaryl/α,β-unsaturated/α-hetero) is 1. The molecule has 39 nitrogen and oxygen atoms in total. The average molecular weight is 2040 g/mol. The van der Waals surface area contributed by atoms with E-state index in [-0.39, 0.29) is 73.0 Å². The Morgan fingerprint density at radius 3 is 1.80 bits per heavy atom. The van der Waals surface area contributed by atoms with Gasteiger partial charge in [-0.1, -0.05) is 100 Å². The van der Waals surface area contributed by atoms with Gasteiger partial charge in [-0.2, -0.15) is 0 Å². The normalized spacial score (nSPS) is 30.1. The molecule has 0 radical (unpaired) electrons. The molecule has 41 heteroatoms. The molecule has 6 saturated heterocycles. The fraction of sp³-hybridized carbons (Fsp3) is 0.587. The number of carbonyl (C=O) groups excluding carboxylic acids is 12. The van der Waals surface area contributed by atoms with Gasteiger partial charge in [0.05, 0.1) is 51.7 Å². The number of carbonyl (C=O) groups is 12. The van der Waals surface area contributed by atoms with Gasteiger partial charge in [-0.15, -0.1) is 0 Å². The number of hydrogen-bond acceptors (Lipinski definition) is 28. The zero-order valence-electron chi connectivity index (χ0n) is 83.8. The van der Waals surface area contributed by atoms with Crippen LogP contribution in [0.2, 0.25) is 0 Å². The molecular formula is C104H132N14O25S2. The second kappa shape index (κ2) is 39.7. The predicted molar refractivity (Wildman–Crippen MR) is 523 cm³/mol. The number of hydrogen-bond donors (Lipinski definition) is 13. The molecule has 0 saturated carbocycles. The number of esters is 2. The van der Waals surface area contributed by atoms with E-state index in [0.29, 0.717) is 76.6 Å². The maximum atomic E-state index is 16.3. The van der Waals surface area contributed by atoms with Crippen molar-refractivity contribution < 1.29 is 119 Å². The van der Waals surface area contributed by atoms with Crippen LogP contribution in [-0.2, 0) is 130 Å². The molecule has 12 aliphatic heterocycles. The SMILES string of the molecule is CC(C)C[C@@H]1NC(=O)[C@H]2C[C@@H](O)CNN2C(=O)[C@H](C(C)C)OC(=O)[C@@H](C(C)C)NC(=O)[C@@H]2C[C@@]3(O)c4cc(-c5ccc6c(c5)[C@]5(O)C[C@H]7C(=O)N[C@H](C(C)C)C(=O)O[C@@H](C(C)C)C(=O)N8CC[C@H](C)C[C@@H]8C(=O)N[C@@H](CNS(=O)(=O)c8ccc(C9=c%10cc%11c%12c(c%10Oc%10c9cc9c%13c%10CCCN%13CCC9)CCC[N+]=%12CCC%11)c(S(=O)(=O)[O-])c8)C(=O)N[C@H]([C@H](C)O)C(=O)N7[C@@H]5N6)ccc4C[C@H]3N2C(=O)[C@@H]([C@H](C)O)CC1=O. The van der Waals surface area contributed by atoms with Gasteiger partial charge in [0.25, 0.3) is 11.8 Å². The summed E-state index contributed by atoms with van der Waals surface area (Å²) < 4.78 is 97.6. The average Bonchev–Trinajstić information content (AvgIpc) is 1.70. The first-order valence-corrected chi connectivity index (χ1v) is 54.0. The Labute approximate surface area is 841 Å². The van der Waals surface area contributed by atoms with Crippen molar-refractivity contribution in [3.63, 3.8) is 0 Å². The van der Waals surface area contributed by atoms with Crippen LogP contribution >= 0.6 is 0 Å². The van der Waals surface area contributed by atoms with Crippen LogP contribution in [0, 0.1) is 41.4 Å². The number of nitrogens with one attached hydrogen (secondary N) is 8. The third kappa shape index (κ3) is 18.9. The molecule has 13 N–H and O–H groups in total. The lowest BCUT2D eigenvalue weighted by molar-refractivity contribution is -0.172. The lowest BCUT2D eigenvalue weighted by Gasteiger charge is -2.40. The number of benzene rings is 5. The number of sulfonamides is 1. The number of ketones is 1. The number of fused-ring (bicyclic) bond motifs is 16. The van der Waals surface area contributed by atoms with E-state index in [9.17, 15) is 57.7 Å². The first-order valence-electron chi connectivity index (χ1n) is 51.1. The second-order valence-corrected chi connectivity index (χ2v) is 46.9. The quantitative estimate of drug-likeness (QED) is 0.0391. The first-order chi connectivity index (χ1) is 68.5. The van der Waals surface area contributed by atoms with E-state index < -0.39 is 265 Å². The van der Waals surface area contributed by atoms with Gasteiger partial charge in [0.2, 0.25) is 56.7 Å². The summed E-state index contributed by atoms with van der Waals surface area (Å²) in [4.78, 5) is 188. The Bertz CT molecular complexity index is 6560. The number of anilines is 2. The highest BCUT2D eigenvalue weighted by Gasteiger charge is 2.64. The molecule has 0 aromatic heterocycles. The van der Waals surface area contributed by atoms with E-state index in [1.807, 2.05) is 19.1 Å². The highest BCUT2D eigenvalue weighted by Crippen LogP contribution is 2.55. The number of β-amino-alcohol motifs (C(OH)–C–C–N with tert-alkyl or cyclic N) is 1. The molecule has 5 aromatic rings. The zero-order chi connectivity index (χ0) is 104. The molecule has 18 rings (SSSR count). The van der Waals surface area contributed by atoms with Crippen LogP contribution in [0.15, 0.2) is 76.5 Å². The van der Waals surface area contributed by atoms with Crippen LogP contribution < -0.4 is 66.8 Å². The summed E-state index contributed by atoms with van der Waals surface area (Å²) in [5.41, 5.74) is 5.65. The Balaban J connectivity index is 0.678. The van der Waals surface area contributed by atoms with Crippen molar-refractivity contribution in [3.05, 3.63) is 127 Å². The van der Waals surface area contributed by atoms with E-state index in [1.54, 1.807) is 106 Å². The topological polar surface area (TPSA) is 540 Å². The van der Waals surface area contributed by atoms with E-state index in [4.69, 9.17) is 14.2 Å². The van der Waals surface area contributed by atoms with Crippen LogP contribution in [0.4, 0.5) is 11.4 Å². The van der Waals surface area contributed by atoms with E-state index in [2.05, 4.69) is 51.5 Å². The van der Waals surface area contributed by atoms with Crippen molar-refractivity contribution >= 4 is 108 Å². The molecule has 5 aromatic carbocycles. The summed E-state index contributed by atoms with van der Waals surface area (Å²) in [6.07, 6.45) is -5.74. The smallest absolute Gasteiger partial charge is 0.329 e.